The van der Waals surface area contributed by atoms with Crippen LogP contribution in [0.2, 0.25) is 0 Å². The monoisotopic (exact) mass is 175 g/mol. The molecule has 70 valence electrons. The van der Waals surface area contributed by atoms with Crippen molar-refractivity contribution >= 4 is 6.08 Å². The summed E-state index contributed by atoms with van der Waals surface area (Å²) in [6, 6.07) is 2.65. The molecule has 0 saturated heterocycles. The van der Waals surface area contributed by atoms with Crippen molar-refractivity contribution in [2.24, 2.45) is 0 Å². The van der Waals surface area contributed by atoms with Crippen LogP contribution in [0.1, 0.15) is 31.1 Å². The van der Waals surface area contributed by atoms with E-state index in [2.05, 4.69) is 50.3 Å². The fourth-order valence-electron chi connectivity index (χ4n) is 1.39. The van der Waals surface area contributed by atoms with E-state index in [1.165, 1.54) is 11.3 Å². The van der Waals surface area contributed by atoms with Gasteiger partial charge in [0.25, 0.3) is 0 Å². The van der Waals surface area contributed by atoms with Gasteiger partial charge >= 0.3 is 0 Å². The fraction of sp³-hybridized carbons (Fsp3) is 0.333. The van der Waals surface area contributed by atoms with Crippen molar-refractivity contribution in [1.29, 1.82) is 0 Å². The van der Waals surface area contributed by atoms with Crippen molar-refractivity contribution in [3.05, 3.63) is 42.3 Å². The zero-order valence-corrected chi connectivity index (χ0v) is 8.62. The van der Waals surface area contributed by atoms with E-state index in [1.807, 2.05) is 6.08 Å². The Morgan fingerprint density at radius 1 is 1.46 bits per heavy atom. The first-order valence-corrected chi connectivity index (χ1v) is 4.63. The van der Waals surface area contributed by atoms with Crippen molar-refractivity contribution in [3.8, 4) is 0 Å². The first kappa shape index (κ1) is 9.85. The normalized spacial score (nSPS) is 11.4. The highest BCUT2D eigenvalue weighted by Gasteiger charge is 2.04. The van der Waals surface area contributed by atoms with Gasteiger partial charge in [-0.3, -0.25) is 0 Å². The molecule has 1 heterocycles. The Morgan fingerprint density at radius 3 is 2.69 bits per heavy atom. The number of hydrogen-bond donors (Lipinski definition) is 0. The highest BCUT2D eigenvalue weighted by molar-refractivity contribution is 5.52. The lowest BCUT2D eigenvalue weighted by atomic mass is 10.2. The van der Waals surface area contributed by atoms with Gasteiger partial charge in [-0.15, -0.1) is 0 Å². The molecule has 1 rings (SSSR count). The molecule has 0 atom stereocenters. The Balaban J connectivity index is 3.08. The smallest absolute Gasteiger partial charge is 0.0438 e. The summed E-state index contributed by atoms with van der Waals surface area (Å²) in [6.45, 7) is 10.2. The number of nitrogens with zero attached hydrogens (tertiary/aromatic N) is 1. The van der Waals surface area contributed by atoms with Crippen molar-refractivity contribution in [2.45, 2.75) is 26.8 Å². The highest BCUT2D eigenvalue weighted by Crippen LogP contribution is 2.17. The summed E-state index contributed by atoms with van der Waals surface area (Å²) >= 11 is 0. The fourth-order valence-corrected chi connectivity index (χ4v) is 1.39. The summed E-state index contributed by atoms with van der Waals surface area (Å²) in [5.41, 5.74) is 2.58. The van der Waals surface area contributed by atoms with Gasteiger partial charge in [0.05, 0.1) is 0 Å². The van der Waals surface area contributed by atoms with Gasteiger partial charge in [0, 0.05) is 17.9 Å². The second-order valence-electron chi connectivity index (χ2n) is 3.48. The van der Waals surface area contributed by atoms with E-state index in [1.54, 1.807) is 6.08 Å². The van der Waals surface area contributed by atoms with Gasteiger partial charge in [-0.1, -0.05) is 18.7 Å². The summed E-state index contributed by atoms with van der Waals surface area (Å²) in [5, 5.41) is 0. The Labute approximate surface area is 80.4 Å². The predicted octanol–water partition coefficient (Wildman–Crippen LogP) is 3.58. The lowest BCUT2D eigenvalue weighted by molar-refractivity contribution is 0.598. The van der Waals surface area contributed by atoms with E-state index in [0.29, 0.717) is 6.04 Å². The van der Waals surface area contributed by atoms with Crippen LogP contribution >= 0.6 is 0 Å². The number of rotatable bonds is 3. The van der Waals surface area contributed by atoms with Crippen LogP contribution in [0.25, 0.3) is 6.08 Å². The molecule has 13 heavy (non-hydrogen) atoms. The largest absolute Gasteiger partial charge is 0.345 e. The molecule has 0 unspecified atom stereocenters. The van der Waals surface area contributed by atoms with E-state index in [9.17, 15) is 0 Å². The van der Waals surface area contributed by atoms with Crippen LogP contribution in [0.5, 0.6) is 0 Å². The molecule has 0 spiro atoms. The summed E-state index contributed by atoms with van der Waals surface area (Å²) in [6.07, 6.45) is 8.00. The van der Waals surface area contributed by atoms with E-state index < -0.39 is 0 Å². The molecule has 0 amide bonds. The molecule has 1 nitrogen and oxygen atoms in total. The molecule has 0 fully saturated rings. The summed E-state index contributed by atoms with van der Waals surface area (Å²) in [7, 11) is 0. The zero-order chi connectivity index (χ0) is 9.84. The standard InChI is InChI=1S/C12H17N/c1-5-6-7-12-11(4)8-9-13(12)10(2)3/h5-10H,1H2,2-4H3/b7-6-. The third-order valence-corrected chi connectivity index (χ3v) is 2.11. The van der Waals surface area contributed by atoms with Crippen LogP contribution in [0.4, 0.5) is 0 Å². The Hall–Kier alpha value is -1.24. The number of aryl methyl sites for hydroxylation is 1. The third-order valence-electron chi connectivity index (χ3n) is 2.11. The predicted molar refractivity (Wildman–Crippen MR) is 58.8 cm³/mol. The maximum absolute atomic E-state index is 3.67. The van der Waals surface area contributed by atoms with Gasteiger partial charge in [0.2, 0.25) is 0 Å². The molecular weight excluding hydrogens is 158 g/mol. The molecule has 0 radical (unpaired) electrons. The first-order chi connectivity index (χ1) is 6.16. The topological polar surface area (TPSA) is 4.93 Å². The van der Waals surface area contributed by atoms with Crippen molar-refractivity contribution in [1.82, 2.24) is 4.57 Å². The average molecular weight is 175 g/mol. The highest BCUT2D eigenvalue weighted by atomic mass is 15.0. The Morgan fingerprint density at radius 2 is 2.15 bits per heavy atom. The maximum Gasteiger partial charge on any atom is 0.0438 e. The van der Waals surface area contributed by atoms with Crippen molar-refractivity contribution < 1.29 is 0 Å². The van der Waals surface area contributed by atoms with Crippen LogP contribution < -0.4 is 0 Å². The minimum Gasteiger partial charge on any atom is -0.345 e. The van der Waals surface area contributed by atoms with Gasteiger partial charge in [-0.25, -0.2) is 0 Å². The van der Waals surface area contributed by atoms with E-state index in [-0.39, 0.29) is 0 Å². The SMILES string of the molecule is C=C/C=C\c1c(C)ccn1C(C)C. The van der Waals surface area contributed by atoms with Crippen LogP contribution in [0, 0.1) is 6.92 Å². The molecule has 1 aromatic heterocycles. The lowest BCUT2D eigenvalue weighted by Crippen LogP contribution is -2.01. The summed E-state index contributed by atoms with van der Waals surface area (Å²) in [5.74, 6) is 0. The molecule has 1 heteroatoms. The molecule has 1 aromatic rings. The minimum atomic E-state index is 0.512. The zero-order valence-electron chi connectivity index (χ0n) is 8.62. The Kier molecular flexibility index (Phi) is 3.13. The van der Waals surface area contributed by atoms with Gasteiger partial charge in [0.15, 0.2) is 0 Å². The molecule has 0 aliphatic heterocycles. The first-order valence-electron chi connectivity index (χ1n) is 4.63. The lowest BCUT2D eigenvalue weighted by Gasteiger charge is -2.10. The molecule has 0 aliphatic rings. The maximum atomic E-state index is 3.67. The third kappa shape index (κ3) is 2.11. The molecule has 0 saturated carbocycles. The van der Waals surface area contributed by atoms with Gasteiger partial charge in [-0.05, 0) is 38.5 Å². The molecule has 0 aliphatic carbocycles. The van der Waals surface area contributed by atoms with E-state index in [0.717, 1.165) is 0 Å². The average Bonchev–Trinajstić information content (AvgIpc) is 2.43. The Bertz CT molecular complexity index is 316. The second kappa shape index (κ2) is 4.13. The van der Waals surface area contributed by atoms with Gasteiger partial charge in [0.1, 0.15) is 0 Å². The number of allylic oxidation sites excluding steroid dienone is 2. The van der Waals surface area contributed by atoms with Crippen molar-refractivity contribution in [3.63, 3.8) is 0 Å². The van der Waals surface area contributed by atoms with E-state index in [4.69, 9.17) is 0 Å². The van der Waals surface area contributed by atoms with Gasteiger partial charge in [-0.2, -0.15) is 0 Å². The quantitative estimate of drug-likeness (QED) is 0.619. The van der Waals surface area contributed by atoms with Crippen LogP contribution in [0.15, 0.2) is 31.0 Å². The number of hydrogen-bond acceptors (Lipinski definition) is 0. The molecule has 0 aromatic carbocycles. The summed E-state index contributed by atoms with van der Waals surface area (Å²) in [4.78, 5) is 0. The van der Waals surface area contributed by atoms with Crippen molar-refractivity contribution in [2.75, 3.05) is 0 Å². The summed E-state index contributed by atoms with van der Waals surface area (Å²) < 4.78 is 2.26. The minimum absolute atomic E-state index is 0.512. The number of aromatic nitrogens is 1. The van der Waals surface area contributed by atoms with Crippen LogP contribution in [-0.4, -0.2) is 4.57 Å². The van der Waals surface area contributed by atoms with Gasteiger partial charge < -0.3 is 4.57 Å². The molecule has 0 N–H and O–H groups in total. The van der Waals surface area contributed by atoms with Crippen LogP contribution in [-0.2, 0) is 0 Å². The molecular formula is C12H17N. The van der Waals surface area contributed by atoms with E-state index >= 15 is 0 Å². The van der Waals surface area contributed by atoms with Crippen LogP contribution in [0.3, 0.4) is 0 Å². The molecule has 0 bridgehead atoms. The second-order valence-corrected chi connectivity index (χ2v) is 3.48.